The lowest BCUT2D eigenvalue weighted by Gasteiger charge is -2.27. The van der Waals surface area contributed by atoms with Gasteiger partial charge in [-0.15, -0.1) is 11.3 Å². The van der Waals surface area contributed by atoms with E-state index in [4.69, 9.17) is 0 Å². The summed E-state index contributed by atoms with van der Waals surface area (Å²) in [6.07, 6.45) is 0. The summed E-state index contributed by atoms with van der Waals surface area (Å²) in [5.41, 5.74) is 1.37. The van der Waals surface area contributed by atoms with Crippen LogP contribution in [-0.4, -0.2) is 19.6 Å². The molecule has 1 saturated heterocycles. The van der Waals surface area contributed by atoms with Crippen molar-refractivity contribution in [3.63, 3.8) is 0 Å². The second-order valence-electron chi connectivity index (χ2n) is 3.34. The fraction of sp³-hybridized carbons (Fsp3) is 0.556. The second-order valence-corrected chi connectivity index (χ2v) is 4.25. The van der Waals surface area contributed by atoms with Gasteiger partial charge in [0.2, 0.25) is 0 Å². The van der Waals surface area contributed by atoms with Gasteiger partial charge in [0, 0.05) is 25.6 Å². The Labute approximate surface area is 77.0 Å². The van der Waals surface area contributed by atoms with E-state index in [0.29, 0.717) is 0 Å². The molecule has 0 saturated carbocycles. The van der Waals surface area contributed by atoms with Gasteiger partial charge in [0.05, 0.1) is 5.00 Å². The normalized spacial score (nSPS) is 17.4. The van der Waals surface area contributed by atoms with Gasteiger partial charge in [-0.3, -0.25) is 0 Å². The molecular weight excluding hydrogens is 168 g/mol. The quantitative estimate of drug-likeness (QED) is 0.743. The SMILES string of the molecule is Cc1ccsc1NCC1CNC1. The first-order valence-electron chi connectivity index (χ1n) is 4.35. The van der Waals surface area contributed by atoms with Crippen molar-refractivity contribution in [1.29, 1.82) is 0 Å². The number of hydrogen-bond donors (Lipinski definition) is 2. The molecule has 2 nitrogen and oxygen atoms in total. The molecule has 1 aromatic heterocycles. The van der Waals surface area contributed by atoms with E-state index >= 15 is 0 Å². The van der Waals surface area contributed by atoms with E-state index in [2.05, 4.69) is 29.0 Å². The minimum absolute atomic E-state index is 0.839. The Bertz CT molecular complexity index is 253. The lowest BCUT2D eigenvalue weighted by atomic mass is 10.0. The first-order valence-corrected chi connectivity index (χ1v) is 5.23. The van der Waals surface area contributed by atoms with Gasteiger partial charge in [-0.25, -0.2) is 0 Å². The molecule has 0 aromatic carbocycles. The molecular formula is C9H14N2S. The maximum Gasteiger partial charge on any atom is 0.0912 e. The van der Waals surface area contributed by atoms with Crippen LogP contribution in [0.4, 0.5) is 5.00 Å². The van der Waals surface area contributed by atoms with Gasteiger partial charge in [-0.1, -0.05) is 0 Å². The van der Waals surface area contributed by atoms with E-state index in [-0.39, 0.29) is 0 Å². The van der Waals surface area contributed by atoms with Crippen LogP contribution in [0.2, 0.25) is 0 Å². The Balaban J connectivity index is 1.82. The van der Waals surface area contributed by atoms with Crippen molar-refractivity contribution in [3.8, 4) is 0 Å². The van der Waals surface area contributed by atoms with Crippen molar-refractivity contribution in [2.75, 3.05) is 25.0 Å². The first kappa shape index (κ1) is 8.08. The number of nitrogens with one attached hydrogen (secondary N) is 2. The highest BCUT2D eigenvalue weighted by Crippen LogP contribution is 2.22. The molecule has 1 aromatic rings. The van der Waals surface area contributed by atoms with Gasteiger partial charge >= 0.3 is 0 Å². The van der Waals surface area contributed by atoms with Crippen LogP contribution in [0.3, 0.4) is 0 Å². The second kappa shape index (κ2) is 3.46. The number of aryl methyl sites for hydroxylation is 1. The Kier molecular flexibility index (Phi) is 2.33. The van der Waals surface area contributed by atoms with E-state index in [1.165, 1.54) is 23.7 Å². The molecule has 0 bridgehead atoms. The first-order chi connectivity index (χ1) is 5.86. The Morgan fingerprint density at radius 2 is 2.50 bits per heavy atom. The summed E-state index contributed by atoms with van der Waals surface area (Å²) in [4.78, 5) is 0. The van der Waals surface area contributed by atoms with Crippen molar-refractivity contribution in [2.45, 2.75) is 6.92 Å². The third-order valence-electron chi connectivity index (χ3n) is 2.28. The van der Waals surface area contributed by atoms with Crippen LogP contribution in [-0.2, 0) is 0 Å². The fourth-order valence-electron chi connectivity index (χ4n) is 1.28. The van der Waals surface area contributed by atoms with Crippen molar-refractivity contribution in [2.24, 2.45) is 5.92 Å². The maximum absolute atomic E-state index is 3.47. The average Bonchev–Trinajstić information content (AvgIpc) is 2.33. The molecule has 1 fully saturated rings. The highest BCUT2D eigenvalue weighted by molar-refractivity contribution is 7.14. The monoisotopic (exact) mass is 182 g/mol. The number of anilines is 1. The molecule has 1 aliphatic rings. The van der Waals surface area contributed by atoms with E-state index in [1.807, 2.05) is 0 Å². The summed E-state index contributed by atoms with van der Waals surface area (Å²) in [5, 5.41) is 10.2. The van der Waals surface area contributed by atoms with Gasteiger partial charge in [-0.05, 0) is 23.9 Å². The average molecular weight is 182 g/mol. The third kappa shape index (κ3) is 1.62. The molecule has 0 atom stereocenters. The molecule has 1 aliphatic heterocycles. The Morgan fingerprint density at radius 1 is 1.67 bits per heavy atom. The molecule has 2 rings (SSSR count). The van der Waals surface area contributed by atoms with Crippen molar-refractivity contribution in [3.05, 3.63) is 17.0 Å². The molecule has 2 heterocycles. The molecule has 0 aliphatic carbocycles. The third-order valence-corrected chi connectivity index (χ3v) is 3.25. The smallest absolute Gasteiger partial charge is 0.0912 e. The van der Waals surface area contributed by atoms with Gasteiger partial charge in [0.25, 0.3) is 0 Å². The zero-order valence-corrected chi connectivity index (χ0v) is 8.08. The molecule has 0 spiro atoms. The number of rotatable bonds is 3. The fourth-order valence-corrected chi connectivity index (χ4v) is 2.11. The van der Waals surface area contributed by atoms with Gasteiger partial charge in [0.1, 0.15) is 0 Å². The van der Waals surface area contributed by atoms with E-state index in [0.717, 1.165) is 12.5 Å². The molecule has 0 radical (unpaired) electrons. The molecule has 0 amide bonds. The van der Waals surface area contributed by atoms with Crippen LogP contribution < -0.4 is 10.6 Å². The number of thiophene rings is 1. The molecule has 2 N–H and O–H groups in total. The number of hydrogen-bond acceptors (Lipinski definition) is 3. The Morgan fingerprint density at radius 3 is 3.00 bits per heavy atom. The van der Waals surface area contributed by atoms with Crippen LogP contribution >= 0.6 is 11.3 Å². The predicted molar refractivity (Wildman–Crippen MR) is 53.9 cm³/mol. The standard InChI is InChI=1S/C9H14N2S/c1-7-2-3-12-9(7)11-6-8-4-10-5-8/h2-3,8,10-11H,4-6H2,1H3. The summed E-state index contributed by atoms with van der Waals surface area (Å²) >= 11 is 1.79. The van der Waals surface area contributed by atoms with E-state index < -0.39 is 0 Å². The molecule has 0 unspecified atom stereocenters. The van der Waals surface area contributed by atoms with Crippen LogP contribution in [0.5, 0.6) is 0 Å². The minimum Gasteiger partial charge on any atom is -0.376 e. The summed E-state index contributed by atoms with van der Waals surface area (Å²) in [7, 11) is 0. The van der Waals surface area contributed by atoms with Gasteiger partial charge in [0.15, 0.2) is 0 Å². The van der Waals surface area contributed by atoms with Crippen LogP contribution in [0.15, 0.2) is 11.4 Å². The minimum atomic E-state index is 0.839. The van der Waals surface area contributed by atoms with Crippen molar-refractivity contribution >= 4 is 16.3 Å². The highest BCUT2D eigenvalue weighted by Gasteiger charge is 2.16. The van der Waals surface area contributed by atoms with Crippen LogP contribution in [0.25, 0.3) is 0 Å². The lowest BCUT2D eigenvalue weighted by molar-refractivity contribution is 0.365. The maximum atomic E-state index is 3.47. The zero-order valence-electron chi connectivity index (χ0n) is 7.26. The summed E-state index contributed by atoms with van der Waals surface area (Å²) in [6, 6.07) is 2.16. The topological polar surface area (TPSA) is 24.1 Å². The van der Waals surface area contributed by atoms with Crippen molar-refractivity contribution < 1.29 is 0 Å². The zero-order chi connectivity index (χ0) is 8.39. The van der Waals surface area contributed by atoms with E-state index in [9.17, 15) is 0 Å². The van der Waals surface area contributed by atoms with Gasteiger partial charge < -0.3 is 10.6 Å². The molecule has 66 valence electrons. The highest BCUT2D eigenvalue weighted by atomic mass is 32.1. The Hall–Kier alpha value is -0.540. The summed E-state index contributed by atoms with van der Waals surface area (Å²) in [5.74, 6) is 0.839. The van der Waals surface area contributed by atoms with Gasteiger partial charge in [-0.2, -0.15) is 0 Å². The van der Waals surface area contributed by atoms with Crippen molar-refractivity contribution in [1.82, 2.24) is 5.32 Å². The lowest BCUT2D eigenvalue weighted by Crippen LogP contribution is -2.45. The van der Waals surface area contributed by atoms with Crippen LogP contribution in [0.1, 0.15) is 5.56 Å². The molecule has 12 heavy (non-hydrogen) atoms. The summed E-state index contributed by atoms with van der Waals surface area (Å²) in [6.45, 7) is 5.63. The molecule has 3 heteroatoms. The van der Waals surface area contributed by atoms with E-state index in [1.54, 1.807) is 11.3 Å². The van der Waals surface area contributed by atoms with Crippen LogP contribution in [0, 0.1) is 12.8 Å². The predicted octanol–water partition coefficient (Wildman–Crippen LogP) is 1.69. The largest absolute Gasteiger partial charge is 0.376 e. The summed E-state index contributed by atoms with van der Waals surface area (Å²) < 4.78 is 0.